The lowest BCUT2D eigenvalue weighted by atomic mass is 10.3. The van der Waals surface area contributed by atoms with Crippen LogP contribution in [0.2, 0.25) is 0 Å². The molecule has 1 saturated heterocycles. The molecule has 4 nitrogen and oxygen atoms in total. The average Bonchev–Trinajstić information content (AvgIpc) is 2.20. The summed E-state index contributed by atoms with van der Waals surface area (Å²) in [5.41, 5.74) is 6.68. The molecule has 0 radical (unpaired) electrons. The first-order valence-corrected chi connectivity index (χ1v) is 4.53. The molecule has 0 aromatic carbocycles. The third-order valence-corrected chi connectivity index (χ3v) is 2.25. The second-order valence-corrected chi connectivity index (χ2v) is 3.18. The Kier molecular flexibility index (Phi) is 6.40. The molecule has 3 N–H and O–H groups in total. The smallest absolute Gasteiger partial charge is 0.123 e. The van der Waals surface area contributed by atoms with E-state index < -0.39 is 0 Å². The summed E-state index contributed by atoms with van der Waals surface area (Å²) in [5, 5.41) is 3.31. The van der Waals surface area contributed by atoms with Gasteiger partial charge in [0.1, 0.15) is 5.82 Å². The molecule has 0 aliphatic carbocycles. The summed E-state index contributed by atoms with van der Waals surface area (Å²) in [7, 11) is 0. The standard InChI is InChI=1S/C9H14N4.2ClH/c10-9-2-1-8(7-12-9)13-5-3-11-4-6-13;;/h1-2,7,11H,3-6H2,(H2,10,12);2*1H. The number of hydrogen-bond donors (Lipinski definition) is 2. The van der Waals surface area contributed by atoms with Crippen molar-refractivity contribution in [3.8, 4) is 0 Å². The first-order chi connectivity index (χ1) is 6.36. The van der Waals surface area contributed by atoms with Gasteiger partial charge in [0, 0.05) is 26.2 Å². The van der Waals surface area contributed by atoms with Crippen LogP contribution in [-0.4, -0.2) is 31.2 Å². The molecule has 6 heteroatoms. The van der Waals surface area contributed by atoms with Gasteiger partial charge in [0.15, 0.2) is 0 Å². The molecule has 1 aliphatic heterocycles. The third-order valence-electron chi connectivity index (χ3n) is 2.25. The van der Waals surface area contributed by atoms with Crippen LogP contribution in [0.25, 0.3) is 0 Å². The van der Waals surface area contributed by atoms with Crippen molar-refractivity contribution in [3.05, 3.63) is 18.3 Å². The Morgan fingerprint density at radius 3 is 2.40 bits per heavy atom. The first kappa shape index (κ1) is 14.3. The molecule has 1 fully saturated rings. The van der Waals surface area contributed by atoms with E-state index in [4.69, 9.17) is 5.73 Å². The predicted molar refractivity (Wildman–Crippen MR) is 68.2 cm³/mol. The summed E-state index contributed by atoms with van der Waals surface area (Å²) < 4.78 is 0. The maximum absolute atomic E-state index is 5.51. The number of anilines is 2. The van der Waals surface area contributed by atoms with Crippen molar-refractivity contribution in [3.63, 3.8) is 0 Å². The second-order valence-electron chi connectivity index (χ2n) is 3.18. The Hall–Kier alpha value is -0.710. The Morgan fingerprint density at radius 2 is 1.87 bits per heavy atom. The number of hydrogen-bond acceptors (Lipinski definition) is 4. The third kappa shape index (κ3) is 3.74. The lowest BCUT2D eigenvalue weighted by molar-refractivity contribution is 0.589. The Balaban J connectivity index is 0.000000980. The van der Waals surface area contributed by atoms with Crippen molar-refractivity contribution in [2.24, 2.45) is 0 Å². The summed E-state index contributed by atoms with van der Waals surface area (Å²) >= 11 is 0. The first-order valence-electron chi connectivity index (χ1n) is 4.53. The molecule has 1 aromatic rings. The molecule has 2 rings (SSSR count). The highest BCUT2D eigenvalue weighted by Crippen LogP contribution is 2.13. The highest BCUT2D eigenvalue weighted by molar-refractivity contribution is 5.85. The van der Waals surface area contributed by atoms with Gasteiger partial charge in [-0.1, -0.05) is 0 Å². The van der Waals surface area contributed by atoms with E-state index in [0.29, 0.717) is 5.82 Å². The summed E-state index contributed by atoms with van der Waals surface area (Å²) in [6, 6.07) is 3.87. The molecule has 1 aliphatic rings. The normalized spacial score (nSPS) is 15.1. The molecule has 0 atom stereocenters. The number of halogens is 2. The fraction of sp³-hybridized carbons (Fsp3) is 0.444. The number of nitrogens with zero attached hydrogens (tertiary/aromatic N) is 2. The van der Waals surface area contributed by atoms with Gasteiger partial charge in [0.05, 0.1) is 11.9 Å². The van der Waals surface area contributed by atoms with Gasteiger partial charge in [-0.3, -0.25) is 0 Å². The van der Waals surface area contributed by atoms with Crippen molar-refractivity contribution in [2.45, 2.75) is 0 Å². The topological polar surface area (TPSA) is 54.2 Å². The minimum Gasteiger partial charge on any atom is -0.384 e. The van der Waals surface area contributed by atoms with Gasteiger partial charge in [0.2, 0.25) is 0 Å². The van der Waals surface area contributed by atoms with Gasteiger partial charge >= 0.3 is 0 Å². The Labute approximate surface area is 102 Å². The number of nitrogens with one attached hydrogen (secondary N) is 1. The van der Waals surface area contributed by atoms with E-state index in [2.05, 4.69) is 15.2 Å². The van der Waals surface area contributed by atoms with E-state index in [9.17, 15) is 0 Å². The van der Waals surface area contributed by atoms with Gasteiger partial charge in [-0.05, 0) is 12.1 Å². The molecule has 0 saturated carbocycles. The van der Waals surface area contributed by atoms with Crippen LogP contribution < -0.4 is 16.0 Å². The van der Waals surface area contributed by atoms with E-state index in [1.807, 2.05) is 18.3 Å². The van der Waals surface area contributed by atoms with Crippen LogP contribution in [0.1, 0.15) is 0 Å². The molecule has 0 bridgehead atoms. The summed E-state index contributed by atoms with van der Waals surface area (Å²) in [6.07, 6.45) is 1.83. The highest BCUT2D eigenvalue weighted by Gasteiger charge is 2.09. The fourth-order valence-electron chi connectivity index (χ4n) is 1.51. The van der Waals surface area contributed by atoms with Gasteiger partial charge in [-0.15, -0.1) is 24.8 Å². The number of aromatic nitrogens is 1. The minimum absolute atomic E-state index is 0. The lowest BCUT2D eigenvalue weighted by Gasteiger charge is -2.29. The van der Waals surface area contributed by atoms with Crippen LogP contribution in [-0.2, 0) is 0 Å². The molecule has 0 spiro atoms. The molecule has 0 unspecified atom stereocenters. The van der Waals surface area contributed by atoms with Crippen LogP contribution in [0.15, 0.2) is 18.3 Å². The van der Waals surface area contributed by atoms with Crippen LogP contribution in [0, 0.1) is 0 Å². The van der Waals surface area contributed by atoms with Crippen LogP contribution in [0.3, 0.4) is 0 Å². The van der Waals surface area contributed by atoms with E-state index in [0.717, 1.165) is 31.9 Å². The zero-order valence-corrected chi connectivity index (χ0v) is 9.98. The van der Waals surface area contributed by atoms with Crippen molar-refractivity contribution < 1.29 is 0 Å². The largest absolute Gasteiger partial charge is 0.384 e. The maximum atomic E-state index is 5.51. The number of rotatable bonds is 1. The van der Waals surface area contributed by atoms with Crippen molar-refractivity contribution in [2.75, 3.05) is 36.8 Å². The molecule has 1 aromatic heterocycles. The second kappa shape index (κ2) is 6.71. The van der Waals surface area contributed by atoms with Gasteiger partial charge < -0.3 is 16.0 Å². The maximum Gasteiger partial charge on any atom is 0.123 e. The van der Waals surface area contributed by atoms with Crippen LogP contribution in [0.5, 0.6) is 0 Å². The van der Waals surface area contributed by atoms with Crippen LogP contribution in [0.4, 0.5) is 11.5 Å². The molecule has 15 heavy (non-hydrogen) atoms. The van der Waals surface area contributed by atoms with Crippen LogP contribution >= 0.6 is 24.8 Å². The summed E-state index contributed by atoms with van der Waals surface area (Å²) in [6.45, 7) is 4.19. The number of nitrogens with two attached hydrogens (primary N) is 1. The van der Waals surface area contributed by atoms with Gasteiger partial charge in [0.25, 0.3) is 0 Å². The Bertz CT molecular complexity index is 272. The fourth-order valence-corrected chi connectivity index (χ4v) is 1.51. The lowest BCUT2D eigenvalue weighted by Crippen LogP contribution is -2.43. The van der Waals surface area contributed by atoms with Crippen molar-refractivity contribution in [1.29, 1.82) is 0 Å². The minimum atomic E-state index is 0. The summed E-state index contributed by atoms with van der Waals surface area (Å²) in [4.78, 5) is 6.38. The zero-order chi connectivity index (χ0) is 9.10. The Morgan fingerprint density at radius 1 is 1.20 bits per heavy atom. The molecular weight excluding hydrogens is 235 g/mol. The van der Waals surface area contributed by atoms with E-state index in [-0.39, 0.29) is 24.8 Å². The number of piperazine rings is 1. The summed E-state index contributed by atoms with van der Waals surface area (Å²) in [5.74, 6) is 0.582. The van der Waals surface area contributed by atoms with E-state index in [1.54, 1.807) is 0 Å². The van der Waals surface area contributed by atoms with Gasteiger partial charge in [-0.2, -0.15) is 0 Å². The van der Waals surface area contributed by atoms with Crippen molar-refractivity contribution >= 4 is 36.3 Å². The molecular formula is C9H16Cl2N4. The molecule has 2 heterocycles. The van der Waals surface area contributed by atoms with Gasteiger partial charge in [-0.25, -0.2) is 4.98 Å². The molecule has 0 amide bonds. The van der Waals surface area contributed by atoms with Crippen molar-refractivity contribution in [1.82, 2.24) is 10.3 Å². The van der Waals surface area contributed by atoms with E-state index >= 15 is 0 Å². The highest BCUT2D eigenvalue weighted by atomic mass is 35.5. The predicted octanol–water partition coefficient (Wildman–Crippen LogP) is 0.917. The monoisotopic (exact) mass is 250 g/mol. The molecule has 86 valence electrons. The van der Waals surface area contributed by atoms with E-state index in [1.165, 1.54) is 0 Å². The quantitative estimate of drug-likeness (QED) is 0.779. The SMILES string of the molecule is Cl.Cl.Nc1ccc(N2CCNCC2)cn1. The number of pyridine rings is 1. The zero-order valence-electron chi connectivity index (χ0n) is 8.35. The average molecular weight is 251 g/mol. The number of nitrogen functional groups attached to an aromatic ring is 1.